The zero-order chi connectivity index (χ0) is 21.0. The number of ether oxygens (including phenoxy) is 1. The number of aryl methyl sites for hydroxylation is 2. The molecule has 1 heterocycles. The van der Waals surface area contributed by atoms with Gasteiger partial charge in [0.1, 0.15) is 15.8 Å². The molecule has 1 fully saturated rings. The lowest BCUT2D eigenvalue weighted by atomic mass is 10.2. The molecule has 1 aliphatic rings. The summed E-state index contributed by atoms with van der Waals surface area (Å²) >= 11 is 0. The van der Waals surface area contributed by atoms with E-state index in [-0.39, 0.29) is 17.4 Å². The van der Waals surface area contributed by atoms with Gasteiger partial charge in [0.25, 0.3) is 5.91 Å². The van der Waals surface area contributed by atoms with E-state index in [4.69, 9.17) is 4.74 Å². The van der Waals surface area contributed by atoms with Crippen molar-refractivity contribution < 1.29 is 22.8 Å². The molecule has 0 saturated carbocycles. The molecule has 3 rings (SSSR count). The molecule has 156 valence electrons. The van der Waals surface area contributed by atoms with Crippen LogP contribution in [0.25, 0.3) is 4.72 Å². The molecule has 0 spiro atoms. The number of sulfonamides is 1. The van der Waals surface area contributed by atoms with E-state index in [0.29, 0.717) is 17.0 Å². The fraction of sp³-hybridized carbons (Fsp3) is 0.381. The Morgan fingerprint density at radius 1 is 1.10 bits per heavy atom. The Morgan fingerprint density at radius 3 is 2.38 bits per heavy atom. The average Bonchev–Trinajstić information content (AvgIpc) is 2.69. The van der Waals surface area contributed by atoms with Crippen molar-refractivity contribution in [3.05, 3.63) is 58.3 Å². The van der Waals surface area contributed by atoms with Crippen molar-refractivity contribution in [3.63, 3.8) is 0 Å². The molecule has 0 bridgehead atoms. The summed E-state index contributed by atoms with van der Waals surface area (Å²) in [5, 5.41) is 0. The number of benzene rings is 2. The van der Waals surface area contributed by atoms with Crippen LogP contribution in [-0.2, 0) is 14.8 Å². The molecule has 0 aromatic heterocycles. The number of rotatable bonds is 6. The van der Waals surface area contributed by atoms with Gasteiger partial charge in [-0.3, -0.25) is 4.79 Å². The largest absolute Gasteiger partial charge is 0.573 e. The number of nitrogens with one attached hydrogen (secondary N) is 1. The second kappa shape index (κ2) is 8.84. The topological polar surface area (TPSA) is 82.2 Å². The minimum Gasteiger partial charge on any atom is -0.573 e. The number of carbonyl (C=O) groups excluding carboxylic acids is 1. The number of likely N-dealkylation sites (N-methyl/N-ethyl adjacent to an activating group) is 1. The Labute approximate surface area is 172 Å². The third-order valence-electron chi connectivity index (χ3n) is 5.02. The molecule has 0 atom stereocenters. The Kier molecular flexibility index (Phi) is 6.44. The first-order valence-corrected chi connectivity index (χ1v) is 11.1. The third kappa shape index (κ3) is 5.48. The molecule has 1 aliphatic heterocycles. The van der Waals surface area contributed by atoms with Crippen LogP contribution in [0, 0.1) is 13.8 Å². The van der Waals surface area contributed by atoms with Crippen LogP contribution in [0.15, 0.2) is 47.4 Å². The van der Waals surface area contributed by atoms with Gasteiger partial charge in [0.2, 0.25) is 0 Å². The summed E-state index contributed by atoms with van der Waals surface area (Å²) in [5.41, 5.74) is 2.06. The van der Waals surface area contributed by atoms with E-state index >= 15 is 0 Å². The molecule has 7 nitrogen and oxygen atoms in total. The number of nitrogens with zero attached hydrogens (tertiary/aromatic N) is 2. The maximum absolute atomic E-state index is 12.6. The lowest BCUT2D eigenvalue weighted by Gasteiger charge is -2.30. The maximum atomic E-state index is 12.6. The summed E-state index contributed by atoms with van der Waals surface area (Å²) in [6.07, 6.45) is 0. The summed E-state index contributed by atoms with van der Waals surface area (Å²) in [5.74, 6) is 0.440. The van der Waals surface area contributed by atoms with Crippen LogP contribution < -0.4 is 9.64 Å². The van der Waals surface area contributed by atoms with Gasteiger partial charge in [-0.2, -0.15) is 0 Å². The summed E-state index contributed by atoms with van der Waals surface area (Å²) in [6.45, 7) is 6.94. The average molecular weight is 418 g/mol. The summed E-state index contributed by atoms with van der Waals surface area (Å²) < 4.78 is 34.7. The molecule has 2 aromatic rings. The van der Waals surface area contributed by atoms with Gasteiger partial charge in [0.05, 0.1) is 38.1 Å². The zero-order valence-corrected chi connectivity index (χ0v) is 17.8. The second-order valence-corrected chi connectivity index (χ2v) is 9.06. The second-order valence-electron chi connectivity index (χ2n) is 7.46. The zero-order valence-electron chi connectivity index (χ0n) is 17.0. The van der Waals surface area contributed by atoms with E-state index < -0.39 is 10.0 Å². The number of hydrogen-bond donors (Lipinski definition) is 1. The number of hydrogen-bond acceptors (Lipinski definition) is 4. The first kappa shape index (κ1) is 21.1. The van der Waals surface area contributed by atoms with Gasteiger partial charge in [-0.25, -0.2) is 8.42 Å². The monoisotopic (exact) mass is 417 g/mol. The smallest absolute Gasteiger partial charge is 0.260 e. The lowest BCUT2D eigenvalue weighted by molar-refractivity contribution is -0.883. The number of piperazine rings is 1. The highest BCUT2D eigenvalue weighted by molar-refractivity contribution is 7.94. The van der Waals surface area contributed by atoms with Crippen molar-refractivity contribution in [2.75, 3.05) is 39.8 Å². The van der Waals surface area contributed by atoms with E-state index in [1.54, 1.807) is 25.1 Å². The third-order valence-corrected chi connectivity index (χ3v) is 6.33. The van der Waals surface area contributed by atoms with Gasteiger partial charge in [-0.15, -0.1) is 5.69 Å². The molecule has 1 saturated heterocycles. The van der Waals surface area contributed by atoms with Crippen LogP contribution in [0.4, 0.5) is 5.69 Å². The summed E-state index contributed by atoms with van der Waals surface area (Å²) in [6, 6.07) is 11.5. The van der Waals surface area contributed by atoms with E-state index in [1.807, 2.05) is 24.0 Å². The van der Waals surface area contributed by atoms with Gasteiger partial charge in [0, 0.05) is 0 Å². The van der Waals surface area contributed by atoms with Crippen molar-refractivity contribution >= 4 is 21.6 Å². The highest BCUT2D eigenvalue weighted by Crippen LogP contribution is 2.30. The van der Waals surface area contributed by atoms with E-state index in [1.165, 1.54) is 17.0 Å². The molecule has 0 radical (unpaired) electrons. The first-order chi connectivity index (χ1) is 13.7. The SMILES string of the molecule is Cc1ccc([N-]S(=O)(=O)c2ccc(OCC(=O)N3CC[NH+](C)CC3)c(C)c2)cc1. The van der Waals surface area contributed by atoms with Crippen LogP contribution in [0.1, 0.15) is 11.1 Å². The van der Waals surface area contributed by atoms with Gasteiger partial charge in [-0.05, 0) is 37.6 Å². The summed E-state index contributed by atoms with van der Waals surface area (Å²) in [4.78, 5) is 15.6. The Hall–Kier alpha value is -2.58. The molecule has 1 N–H and O–H groups in total. The predicted molar refractivity (Wildman–Crippen MR) is 111 cm³/mol. The molecular formula is C21H27N3O4S. The quantitative estimate of drug-likeness (QED) is 0.771. The van der Waals surface area contributed by atoms with Crippen LogP contribution in [0.5, 0.6) is 5.75 Å². The van der Waals surface area contributed by atoms with Crippen molar-refractivity contribution in [3.8, 4) is 5.75 Å². The summed E-state index contributed by atoms with van der Waals surface area (Å²) in [7, 11) is -1.71. The molecule has 2 aromatic carbocycles. The van der Waals surface area contributed by atoms with E-state index in [9.17, 15) is 13.2 Å². The molecule has 0 aliphatic carbocycles. The number of carbonyl (C=O) groups is 1. The van der Waals surface area contributed by atoms with Gasteiger partial charge in [0.15, 0.2) is 6.61 Å². The number of amides is 1. The van der Waals surface area contributed by atoms with Crippen LogP contribution >= 0.6 is 0 Å². The first-order valence-electron chi connectivity index (χ1n) is 9.62. The Morgan fingerprint density at radius 2 is 1.76 bits per heavy atom. The number of quaternary nitrogens is 1. The van der Waals surface area contributed by atoms with Crippen molar-refractivity contribution in [1.29, 1.82) is 0 Å². The van der Waals surface area contributed by atoms with Crippen molar-refractivity contribution in [2.45, 2.75) is 18.7 Å². The van der Waals surface area contributed by atoms with Crippen molar-refractivity contribution in [2.24, 2.45) is 0 Å². The predicted octanol–water partition coefficient (Wildman–Crippen LogP) is 1.43. The van der Waals surface area contributed by atoms with Gasteiger partial charge < -0.3 is 19.3 Å². The lowest BCUT2D eigenvalue weighted by Crippen LogP contribution is -3.12. The van der Waals surface area contributed by atoms with Gasteiger partial charge in [-0.1, -0.05) is 29.8 Å². The Bertz CT molecular complexity index is 966. The van der Waals surface area contributed by atoms with E-state index in [0.717, 1.165) is 31.7 Å². The highest BCUT2D eigenvalue weighted by atomic mass is 32.2. The highest BCUT2D eigenvalue weighted by Gasteiger charge is 2.21. The fourth-order valence-corrected chi connectivity index (χ4v) is 4.18. The van der Waals surface area contributed by atoms with Gasteiger partial charge >= 0.3 is 0 Å². The standard InChI is InChI=1S/C21H26N3O4S/c1-16-4-6-18(7-5-16)22-29(26,27)19-8-9-20(17(2)14-19)28-15-21(25)24-12-10-23(3)11-13-24/h4-9,14H,10-13,15H2,1-3H3/q-1/p+1. The molecule has 1 amide bonds. The fourth-order valence-electron chi connectivity index (χ4n) is 3.11. The molecular weight excluding hydrogens is 390 g/mol. The van der Waals surface area contributed by atoms with Crippen LogP contribution in [-0.4, -0.2) is 59.1 Å². The molecule has 0 unspecified atom stereocenters. The molecule has 29 heavy (non-hydrogen) atoms. The normalized spacial score (nSPS) is 15.2. The minimum absolute atomic E-state index is 0.0528. The maximum Gasteiger partial charge on any atom is 0.260 e. The van der Waals surface area contributed by atoms with Crippen molar-refractivity contribution in [1.82, 2.24) is 4.90 Å². The molecule has 8 heteroatoms. The van der Waals surface area contributed by atoms with Crippen LogP contribution in [0.3, 0.4) is 0 Å². The Balaban J connectivity index is 1.63. The van der Waals surface area contributed by atoms with Crippen LogP contribution in [0.2, 0.25) is 0 Å². The van der Waals surface area contributed by atoms with E-state index in [2.05, 4.69) is 11.8 Å². The minimum atomic E-state index is -3.83.